The molecular formula is C18H13N3O3S3. The average molecular weight is 416 g/mol. The van der Waals surface area contributed by atoms with Gasteiger partial charge in [0.1, 0.15) is 4.83 Å². The lowest BCUT2D eigenvalue weighted by Crippen LogP contribution is -2.19. The quantitative estimate of drug-likeness (QED) is 0.200. The Morgan fingerprint density at radius 2 is 2.04 bits per heavy atom. The van der Waals surface area contributed by atoms with E-state index in [-0.39, 0.29) is 11.2 Å². The van der Waals surface area contributed by atoms with Gasteiger partial charge in [0, 0.05) is 40.3 Å². The van der Waals surface area contributed by atoms with Gasteiger partial charge in [-0.2, -0.15) is 0 Å². The number of nitrogens with zero attached hydrogens (tertiary/aromatic N) is 3. The first-order valence-electron chi connectivity index (χ1n) is 7.93. The number of hydrogen-bond acceptors (Lipinski definition) is 7. The van der Waals surface area contributed by atoms with E-state index in [4.69, 9.17) is 0 Å². The lowest BCUT2D eigenvalue weighted by atomic mass is 10.2. The Bertz CT molecular complexity index is 1200. The lowest BCUT2D eigenvalue weighted by molar-refractivity contribution is -0.385. The van der Waals surface area contributed by atoms with E-state index in [9.17, 15) is 14.9 Å². The molecule has 3 aromatic heterocycles. The molecule has 27 heavy (non-hydrogen) atoms. The van der Waals surface area contributed by atoms with Crippen LogP contribution in [0.2, 0.25) is 0 Å². The second kappa shape index (κ2) is 7.26. The predicted octanol–water partition coefficient (Wildman–Crippen LogP) is 4.92. The van der Waals surface area contributed by atoms with Crippen molar-refractivity contribution in [2.45, 2.75) is 10.9 Å². The number of thiophene rings is 2. The highest BCUT2D eigenvalue weighted by Crippen LogP contribution is 2.35. The zero-order valence-electron chi connectivity index (χ0n) is 14.1. The van der Waals surface area contributed by atoms with E-state index < -0.39 is 4.92 Å². The Hall–Kier alpha value is -2.49. The molecule has 0 atom stereocenters. The van der Waals surface area contributed by atoms with Crippen LogP contribution in [0.1, 0.15) is 5.56 Å². The summed E-state index contributed by atoms with van der Waals surface area (Å²) < 4.78 is 1.52. The van der Waals surface area contributed by atoms with Crippen molar-refractivity contribution in [3.63, 3.8) is 0 Å². The first-order chi connectivity index (χ1) is 13.1. The van der Waals surface area contributed by atoms with Crippen LogP contribution in [0.15, 0.2) is 57.1 Å². The van der Waals surface area contributed by atoms with Crippen LogP contribution in [0, 0.1) is 10.1 Å². The molecule has 0 aliphatic heterocycles. The van der Waals surface area contributed by atoms with Crippen molar-refractivity contribution in [2.24, 2.45) is 7.05 Å². The van der Waals surface area contributed by atoms with E-state index >= 15 is 0 Å². The standard InChI is InChI=1S/C18H13N3O3S3/c1-20-17(22)15-12(14-7-4-8-25-14)10-26-16(15)19-18(20)27-9-11-5-2-3-6-13(11)21(23)24/h2-8,10H,9H2,1H3. The molecule has 6 nitrogen and oxygen atoms in total. The number of hydrogen-bond donors (Lipinski definition) is 0. The number of rotatable bonds is 5. The minimum absolute atomic E-state index is 0.0761. The Labute approximate surface area is 166 Å². The molecule has 4 aromatic rings. The molecule has 0 N–H and O–H groups in total. The summed E-state index contributed by atoms with van der Waals surface area (Å²) in [5.41, 5.74) is 1.49. The second-order valence-electron chi connectivity index (χ2n) is 5.74. The van der Waals surface area contributed by atoms with Crippen LogP contribution in [0.4, 0.5) is 5.69 Å². The fourth-order valence-electron chi connectivity index (χ4n) is 2.75. The first kappa shape index (κ1) is 17.9. The molecule has 0 aliphatic carbocycles. The molecule has 1 aromatic carbocycles. The van der Waals surface area contributed by atoms with Crippen LogP contribution in [0.3, 0.4) is 0 Å². The molecule has 0 aliphatic rings. The van der Waals surface area contributed by atoms with Crippen LogP contribution in [0.25, 0.3) is 20.7 Å². The zero-order chi connectivity index (χ0) is 19.0. The molecule has 0 saturated heterocycles. The third-order valence-electron chi connectivity index (χ3n) is 4.11. The molecule has 9 heteroatoms. The van der Waals surface area contributed by atoms with Crippen LogP contribution < -0.4 is 5.56 Å². The minimum Gasteiger partial charge on any atom is -0.290 e. The fourth-order valence-corrected chi connectivity index (χ4v) is 5.52. The van der Waals surface area contributed by atoms with E-state index in [2.05, 4.69) is 4.98 Å². The van der Waals surface area contributed by atoms with Gasteiger partial charge in [-0.15, -0.1) is 22.7 Å². The Morgan fingerprint density at radius 3 is 2.78 bits per heavy atom. The van der Waals surface area contributed by atoms with Crippen molar-refractivity contribution in [2.75, 3.05) is 0 Å². The number of fused-ring (bicyclic) bond motifs is 1. The maximum atomic E-state index is 12.9. The van der Waals surface area contributed by atoms with E-state index in [1.54, 1.807) is 36.6 Å². The summed E-state index contributed by atoms with van der Waals surface area (Å²) in [6, 6.07) is 10.6. The molecule has 0 unspecified atom stereocenters. The predicted molar refractivity (Wildman–Crippen MR) is 111 cm³/mol. The summed E-state index contributed by atoms with van der Waals surface area (Å²) in [4.78, 5) is 30.1. The van der Waals surface area contributed by atoms with Gasteiger partial charge in [-0.05, 0) is 11.4 Å². The van der Waals surface area contributed by atoms with E-state index in [1.165, 1.54) is 33.7 Å². The number of thioether (sulfide) groups is 1. The van der Waals surface area contributed by atoms with Crippen molar-refractivity contribution < 1.29 is 4.92 Å². The van der Waals surface area contributed by atoms with Crippen molar-refractivity contribution in [3.8, 4) is 10.4 Å². The molecule has 0 spiro atoms. The second-order valence-corrected chi connectivity index (χ2v) is 8.49. The van der Waals surface area contributed by atoms with Gasteiger partial charge in [0.2, 0.25) is 0 Å². The van der Waals surface area contributed by atoms with Crippen molar-refractivity contribution in [1.29, 1.82) is 0 Å². The van der Waals surface area contributed by atoms with Gasteiger partial charge in [-0.25, -0.2) is 4.98 Å². The average Bonchev–Trinajstić information content (AvgIpc) is 3.33. The summed E-state index contributed by atoms with van der Waals surface area (Å²) in [5.74, 6) is 0.367. The minimum atomic E-state index is -0.391. The summed E-state index contributed by atoms with van der Waals surface area (Å²) >= 11 is 4.35. The maximum Gasteiger partial charge on any atom is 0.273 e. The molecule has 0 bridgehead atoms. The molecule has 0 fully saturated rings. The largest absolute Gasteiger partial charge is 0.290 e. The summed E-state index contributed by atoms with van der Waals surface area (Å²) in [7, 11) is 1.69. The molecule has 3 heterocycles. The Morgan fingerprint density at radius 1 is 1.22 bits per heavy atom. The molecule has 0 radical (unpaired) electrons. The normalized spacial score (nSPS) is 11.1. The SMILES string of the molecule is Cn1c(SCc2ccccc2[N+](=O)[O-])nc2scc(-c3cccs3)c2c1=O. The van der Waals surface area contributed by atoms with Crippen molar-refractivity contribution in [1.82, 2.24) is 9.55 Å². The van der Waals surface area contributed by atoms with Gasteiger partial charge in [-0.3, -0.25) is 19.5 Å². The number of aromatic nitrogens is 2. The van der Waals surface area contributed by atoms with E-state index in [0.717, 1.165) is 10.4 Å². The molecule has 136 valence electrons. The third kappa shape index (κ3) is 3.29. The van der Waals surface area contributed by atoms with Crippen molar-refractivity contribution in [3.05, 3.63) is 73.2 Å². The van der Waals surface area contributed by atoms with Gasteiger partial charge in [0.05, 0.1) is 10.3 Å². The van der Waals surface area contributed by atoms with Crippen LogP contribution in [-0.2, 0) is 12.8 Å². The fraction of sp³-hybridized carbons (Fsp3) is 0.111. The number of nitro groups is 1. The van der Waals surface area contributed by atoms with E-state index in [0.29, 0.717) is 26.7 Å². The van der Waals surface area contributed by atoms with Crippen molar-refractivity contribution >= 4 is 50.3 Å². The molecule has 0 amide bonds. The number of benzene rings is 1. The van der Waals surface area contributed by atoms with Crippen LogP contribution >= 0.6 is 34.4 Å². The molecular weight excluding hydrogens is 402 g/mol. The Kier molecular flexibility index (Phi) is 4.81. The van der Waals surface area contributed by atoms with Gasteiger partial charge < -0.3 is 0 Å². The van der Waals surface area contributed by atoms with Gasteiger partial charge >= 0.3 is 0 Å². The highest BCUT2D eigenvalue weighted by molar-refractivity contribution is 7.98. The monoisotopic (exact) mass is 415 g/mol. The van der Waals surface area contributed by atoms with E-state index in [1.807, 2.05) is 22.9 Å². The van der Waals surface area contributed by atoms with Gasteiger partial charge in [-0.1, -0.05) is 36.0 Å². The summed E-state index contributed by atoms with van der Waals surface area (Å²) in [6.07, 6.45) is 0. The Balaban J connectivity index is 1.71. The zero-order valence-corrected chi connectivity index (χ0v) is 16.6. The molecule has 0 saturated carbocycles. The van der Waals surface area contributed by atoms with Crippen LogP contribution in [0.5, 0.6) is 0 Å². The number of nitro benzene ring substituents is 1. The lowest BCUT2D eigenvalue weighted by Gasteiger charge is -2.08. The smallest absolute Gasteiger partial charge is 0.273 e. The highest BCUT2D eigenvalue weighted by Gasteiger charge is 2.18. The number of para-hydroxylation sites is 1. The summed E-state index contributed by atoms with van der Waals surface area (Å²) in [5, 5.41) is 16.3. The first-order valence-corrected chi connectivity index (χ1v) is 10.7. The van der Waals surface area contributed by atoms with Crippen LogP contribution in [-0.4, -0.2) is 14.5 Å². The van der Waals surface area contributed by atoms with Gasteiger partial charge in [0.25, 0.3) is 11.2 Å². The maximum absolute atomic E-state index is 12.9. The summed E-state index contributed by atoms with van der Waals surface area (Å²) in [6.45, 7) is 0. The molecule has 4 rings (SSSR count). The highest BCUT2D eigenvalue weighted by atomic mass is 32.2. The third-order valence-corrected chi connectivity index (χ3v) is 6.96. The van der Waals surface area contributed by atoms with Gasteiger partial charge in [0.15, 0.2) is 5.16 Å². The topological polar surface area (TPSA) is 78.0 Å².